The van der Waals surface area contributed by atoms with Gasteiger partial charge in [0.2, 0.25) is 11.8 Å². The molecule has 2 saturated heterocycles. The number of aliphatic carboxylic acids is 1. The van der Waals surface area contributed by atoms with Crippen LogP contribution >= 0.6 is 11.8 Å². The average molecular weight is 316 g/mol. The van der Waals surface area contributed by atoms with Gasteiger partial charge in [0.1, 0.15) is 23.6 Å². The summed E-state index contributed by atoms with van der Waals surface area (Å²) in [6.45, 7) is 7.40. The van der Waals surface area contributed by atoms with Gasteiger partial charge < -0.3 is 20.1 Å². The number of carboxylic acid groups (broad SMARTS) is 1. The fraction of sp³-hybridized carbons (Fsp3) is 0.769. The predicted octanol–water partition coefficient (Wildman–Crippen LogP) is 0.0431. The summed E-state index contributed by atoms with van der Waals surface area (Å²) in [5.41, 5.74) is 0. The molecule has 2 rings (SSSR count). The van der Waals surface area contributed by atoms with Crippen molar-refractivity contribution in [2.75, 3.05) is 6.61 Å². The number of nitrogens with zero attached hydrogens (tertiary/aromatic N) is 1. The lowest BCUT2D eigenvalue weighted by atomic mass is 9.96. The van der Waals surface area contributed by atoms with E-state index in [-0.39, 0.29) is 17.2 Å². The van der Waals surface area contributed by atoms with Crippen molar-refractivity contribution < 1.29 is 24.2 Å². The minimum absolute atomic E-state index is 0.327. The Morgan fingerprint density at radius 2 is 2.14 bits per heavy atom. The first-order chi connectivity index (χ1) is 9.70. The number of ether oxygens (including phenoxy) is 1. The van der Waals surface area contributed by atoms with Crippen LogP contribution in [-0.4, -0.2) is 62.7 Å². The third-order valence-electron chi connectivity index (χ3n) is 3.76. The zero-order valence-electron chi connectivity index (χ0n) is 12.5. The molecular formula is C13H20N2O5S. The Balaban J connectivity index is 2.06. The summed E-state index contributed by atoms with van der Waals surface area (Å²) in [5.74, 6) is -1.72. The Labute approximate surface area is 127 Å². The smallest absolute Gasteiger partial charge is 0.327 e. The highest BCUT2D eigenvalue weighted by atomic mass is 32.2. The Morgan fingerprint density at radius 3 is 2.67 bits per heavy atom. The minimum Gasteiger partial charge on any atom is -0.480 e. The molecule has 7 nitrogen and oxygen atoms in total. The molecule has 0 spiro atoms. The predicted molar refractivity (Wildman–Crippen MR) is 76.7 cm³/mol. The summed E-state index contributed by atoms with van der Waals surface area (Å²) in [5, 5.41) is 11.6. The molecule has 118 valence electrons. The first-order valence-electron chi connectivity index (χ1n) is 6.85. The second kappa shape index (κ2) is 5.49. The topological polar surface area (TPSA) is 95.9 Å². The molecule has 4 atom stereocenters. The average Bonchev–Trinajstić information content (AvgIpc) is 2.64. The molecule has 21 heavy (non-hydrogen) atoms. The van der Waals surface area contributed by atoms with Crippen LogP contribution in [0, 0.1) is 0 Å². The van der Waals surface area contributed by atoms with Gasteiger partial charge in [0.15, 0.2) is 0 Å². The number of carbonyl (C=O) groups excluding carboxylic acids is 2. The second-order valence-corrected chi connectivity index (χ2v) is 7.45. The van der Waals surface area contributed by atoms with Crippen LogP contribution in [0.15, 0.2) is 0 Å². The summed E-state index contributed by atoms with van der Waals surface area (Å²) >= 11 is 1.40. The van der Waals surface area contributed by atoms with E-state index in [9.17, 15) is 19.5 Å². The lowest BCUT2D eigenvalue weighted by molar-refractivity contribution is -0.161. The van der Waals surface area contributed by atoms with Crippen molar-refractivity contribution in [3.8, 4) is 0 Å². The van der Waals surface area contributed by atoms with Gasteiger partial charge in [-0.15, -0.1) is 11.8 Å². The SMILES string of the molecule is CCO[C@H](C)C(=O)N[C@@H]1C(=O)N2[C@H]1SC(C)(C)[C@H]2C(=O)O. The van der Waals surface area contributed by atoms with Crippen LogP contribution in [0.4, 0.5) is 0 Å². The molecule has 0 aliphatic carbocycles. The van der Waals surface area contributed by atoms with Crippen molar-refractivity contribution in [2.45, 2.75) is 56.0 Å². The number of thioether (sulfide) groups is 1. The van der Waals surface area contributed by atoms with Gasteiger partial charge in [0, 0.05) is 11.4 Å². The van der Waals surface area contributed by atoms with E-state index >= 15 is 0 Å². The number of fused-ring (bicyclic) bond motifs is 1. The van der Waals surface area contributed by atoms with Crippen molar-refractivity contribution >= 4 is 29.5 Å². The Morgan fingerprint density at radius 1 is 1.52 bits per heavy atom. The van der Waals surface area contributed by atoms with Gasteiger partial charge in [0.05, 0.1) is 0 Å². The van der Waals surface area contributed by atoms with Gasteiger partial charge in [-0.3, -0.25) is 9.59 Å². The van der Waals surface area contributed by atoms with E-state index in [0.717, 1.165) is 0 Å². The van der Waals surface area contributed by atoms with E-state index in [1.165, 1.54) is 16.7 Å². The molecule has 2 aliphatic rings. The molecule has 0 unspecified atom stereocenters. The Kier molecular flexibility index (Phi) is 4.21. The molecule has 0 aromatic rings. The van der Waals surface area contributed by atoms with Crippen LogP contribution in [0.25, 0.3) is 0 Å². The zero-order chi connectivity index (χ0) is 15.9. The van der Waals surface area contributed by atoms with E-state index in [1.807, 2.05) is 0 Å². The number of amides is 2. The van der Waals surface area contributed by atoms with Gasteiger partial charge in [-0.1, -0.05) is 0 Å². The molecule has 2 amide bonds. The number of hydrogen-bond acceptors (Lipinski definition) is 5. The Bertz CT molecular complexity index is 481. The molecule has 0 radical (unpaired) electrons. The Hall–Kier alpha value is -1.28. The van der Waals surface area contributed by atoms with Crippen molar-refractivity contribution in [1.82, 2.24) is 10.2 Å². The molecule has 2 aliphatic heterocycles. The number of carboxylic acids is 1. The van der Waals surface area contributed by atoms with Crippen LogP contribution in [0.5, 0.6) is 0 Å². The highest BCUT2D eigenvalue weighted by Crippen LogP contribution is 2.50. The van der Waals surface area contributed by atoms with Crippen LogP contribution in [0.3, 0.4) is 0 Å². The quantitative estimate of drug-likeness (QED) is 0.696. The van der Waals surface area contributed by atoms with E-state index in [4.69, 9.17) is 4.74 Å². The molecule has 2 heterocycles. The number of rotatable bonds is 5. The first kappa shape index (κ1) is 16.1. The third kappa shape index (κ3) is 2.62. The summed E-state index contributed by atoms with van der Waals surface area (Å²) in [6.07, 6.45) is -0.633. The number of β-lactam (4-membered cyclic amide) rings is 1. The summed E-state index contributed by atoms with van der Waals surface area (Å²) in [6, 6.07) is -1.54. The van der Waals surface area contributed by atoms with E-state index in [1.54, 1.807) is 27.7 Å². The van der Waals surface area contributed by atoms with Crippen LogP contribution in [-0.2, 0) is 19.1 Å². The normalized spacial score (nSPS) is 31.3. The van der Waals surface area contributed by atoms with Crippen LogP contribution in [0.2, 0.25) is 0 Å². The number of nitrogens with one attached hydrogen (secondary N) is 1. The summed E-state index contributed by atoms with van der Waals surface area (Å²) in [4.78, 5) is 36.8. The molecule has 0 aromatic heterocycles. The molecule has 2 N–H and O–H groups in total. The fourth-order valence-corrected chi connectivity index (χ4v) is 4.37. The zero-order valence-corrected chi connectivity index (χ0v) is 13.3. The molecule has 0 bridgehead atoms. The molecule has 8 heteroatoms. The van der Waals surface area contributed by atoms with Gasteiger partial charge >= 0.3 is 5.97 Å². The maximum absolute atomic E-state index is 12.2. The van der Waals surface area contributed by atoms with E-state index < -0.39 is 28.9 Å². The molecule has 2 fully saturated rings. The highest BCUT2D eigenvalue weighted by molar-refractivity contribution is 8.01. The van der Waals surface area contributed by atoms with Crippen molar-refractivity contribution in [1.29, 1.82) is 0 Å². The summed E-state index contributed by atoms with van der Waals surface area (Å²) < 4.78 is 4.60. The third-order valence-corrected chi connectivity index (χ3v) is 5.33. The van der Waals surface area contributed by atoms with Crippen molar-refractivity contribution in [2.24, 2.45) is 0 Å². The molecular weight excluding hydrogens is 296 g/mol. The van der Waals surface area contributed by atoms with Crippen molar-refractivity contribution in [3.63, 3.8) is 0 Å². The molecule has 0 saturated carbocycles. The fourth-order valence-electron chi connectivity index (χ4n) is 2.74. The molecule has 0 aromatic carbocycles. The van der Waals surface area contributed by atoms with E-state index in [2.05, 4.69) is 5.32 Å². The summed E-state index contributed by atoms with van der Waals surface area (Å²) in [7, 11) is 0. The van der Waals surface area contributed by atoms with Gasteiger partial charge in [0.25, 0.3) is 0 Å². The van der Waals surface area contributed by atoms with Crippen molar-refractivity contribution in [3.05, 3.63) is 0 Å². The lowest BCUT2D eigenvalue weighted by Gasteiger charge is -2.43. The van der Waals surface area contributed by atoms with Gasteiger partial charge in [-0.2, -0.15) is 0 Å². The van der Waals surface area contributed by atoms with Crippen LogP contribution < -0.4 is 5.32 Å². The van der Waals surface area contributed by atoms with Crippen LogP contribution in [0.1, 0.15) is 27.7 Å². The monoisotopic (exact) mass is 316 g/mol. The maximum atomic E-state index is 12.2. The number of carbonyl (C=O) groups is 3. The van der Waals surface area contributed by atoms with E-state index in [0.29, 0.717) is 6.61 Å². The lowest BCUT2D eigenvalue weighted by Crippen LogP contribution is -2.71. The first-order valence-corrected chi connectivity index (χ1v) is 7.73. The standard InChI is InChI=1S/C13H20N2O5S/c1-5-20-6(2)9(16)14-7-10(17)15-8(12(18)19)13(3,4)21-11(7)15/h6-8,11H,5H2,1-4H3,(H,14,16)(H,18,19)/t6-,7-,8-,11+/m1/s1. The largest absolute Gasteiger partial charge is 0.480 e. The second-order valence-electron chi connectivity index (χ2n) is 5.68. The minimum atomic E-state index is -1.02. The maximum Gasteiger partial charge on any atom is 0.327 e. The van der Waals surface area contributed by atoms with Gasteiger partial charge in [-0.05, 0) is 27.7 Å². The number of hydrogen-bond donors (Lipinski definition) is 2. The van der Waals surface area contributed by atoms with Gasteiger partial charge in [-0.25, -0.2) is 4.79 Å². The highest BCUT2D eigenvalue weighted by Gasteiger charge is 2.64.